The summed E-state index contributed by atoms with van der Waals surface area (Å²) in [5.41, 5.74) is 1.78. The van der Waals surface area contributed by atoms with Crippen molar-refractivity contribution >= 4 is 39.1 Å². The van der Waals surface area contributed by atoms with Crippen molar-refractivity contribution < 1.29 is 18.7 Å². The van der Waals surface area contributed by atoms with Gasteiger partial charge in [-0.3, -0.25) is 14.2 Å². The van der Waals surface area contributed by atoms with Crippen LogP contribution in [0.1, 0.15) is 41.5 Å². The van der Waals surface area contributed by atoms with Crippen LogP contribution in [0, 0.1) is 12.7 Å². The molecule has 1 amide bonds. The molecule has 7 nitrogen and oxygen atoms in total. The normalized spacial score (nSPS) is 11.9. The number of fused-ring (bicyclic) bond motifs is 1. The Kier molecular flexibility index (Phi) is 7.07. The number of nitrogens with one attached hydrogen (secondary N) is 1. The highest BCUT2D eigenvalue weighted by molar-refractivity contribution is 7.19. The number of nitrogens with zero attached hydrogens (tertiary/aromatic N) is 2. The number of aromatic nitrogens is 2. The van der Waals surface area contributed by atoms with Crippen LogP contribution in [0.3, 0.4) is 0 Å². The summed E-state index contributed by atoms with van der Waals surface area (Å²) < 4.78 is 19.8. The number of hydrogen-bond acceptors (Lipinski definition) is 6. The van der Waals surface area contributed by atoms with Crippen LogP contribution in [0.25, 0.3) is 21.3 Å². The summed E-state index contributed by atoms with van der Waals surface area (Å²) in [6, 6.07) is 11.6. The molecule has 35 heavy (non-hydrogen) atoms. The molecule has 1 unspecified atom stereocenters. The van der Waals surface area contributed by atoms with Gasteiger partial charge in [0.05, 0.1) is 23.9 Å². The van der Waals surface area contributed by atoms with E-state index in [-0.39, 0.29) is 18.0 Å². The molecule has 0 fully saturated rings. The van der Waals surface area contributed by atoms with Gasteiger partial charge in [-0.1, -0.05) is 25.1 Å². The molecule has 2 heterocycles. The van der Waals surface area contributed by atoms with Crippen LogP contribution in [-0.2, 0) is 9.53 Å². The Hall–Kier alpha value is -3.85. The number of ether oxygens (including phenoxy) is 1. The van der Waals surface area contributed by atoms with Gasteiger partial charge < -0.3 is 10.1 Å². The third-order valence-electron chi connectivity index (χ3n) is 5.61. The van der Waals surface area contributed by atoms with Crippen LogP contribution < -0.4 is 10.9 Å². The van der Waals surface area contributed by atoms with Gasteiger partial charge >= 0.3 is 5.97 Å². The Bertz CT molecular complexity index is 1460. The molecule has 1 atom stereocenters. The summed E-state index contributed by atoms with van der Waals surface area (Å²) in [6.45, 7) is 5.65. The van der Waals surface area contributed by atoms with E-state index in [2.05, 4.69) is 10.3 Å². The van der Waals surface area contributed by atoms with Gasteiger partial charge in [-0.15, -0.1) is 11.3 Å². The number of halogens is 1. The van der Waals surface area contributed by atoms with Crippen LogP contribution in [0.5, 0.6) is 0 Å². The first-order chi connectivity index (χ1) is 16.8. The predicted molar refractivity (Wildman–Crippen MR) is 134 cm³/mol. The van der Waals surface area contributed by atoms with Crippen molar-refractivity contribution in [1.29, 1.82) is 0 Å². The minimum absolute atomic E-state index is 0.244. The van der Waals surface area contributed by atoms with Crippen LogP contribution in [-0.4, -0.2) is 28.0 Å². The van der Waals surface area contributed by atoms with E-state index in [9.17, 15) is 18.8 Å². The second-order valence-electron chi connectivity index (χ2n) is 7.89. The van der Waals surface area contributed by atoms with Crippen molar-refractivity contribution in [3.8, 4) is 11.1 Å². The second kappa shape index (κ2) is 10.2. The number of esters is 1. The molecule has 0 aliphatic rings. The monoisotopic (exact) mass is 493 g/mol. The predicted octanol–water partition coefficient (Wildman–Crippen LogP) is 5.34. The van der Waals surface area contributed by atoms with Crippen molar-refractivity contribution in [3.63, 3.8) is 0 Å². The third-order valence-corrected chi connectivity index (χ3v) is 6.63. The number of amides is 1. The maximum absolute atomic E-state index is 13.6. The number of hydrogen-bond donors (Lipinski definition) is 1. The number of anilines is 1. The van der Waals surface area contributed by atoms with E-state index in [1.165, 1.54) is 40.4 Å². The van der Waals surface area contributed by atoms with Crippen molar-refractivity contribution in [2.24, 2.45) is 0 Å². The Balaban J connectivity index is 1.70. The summed E-state index contributed by atoms with van der Waals surface area (Å²) in [5, 5.41) is 3.19. The SMILES string of the molecule is CCOC(=O)c1cccc(NC(=O)C(CC)n2cnc3sc(C)c(-c4ccc(F)cc4)c3c2=O)c1. The summed E-state index contributed by atoms with van der Waals surface area (Å²) in [5.74, 6) is -1.26. The van der Waals surface area contributed by atoms with Gasteiger partial charge in [0.25, 0.3) is 5.56 Å². The fraction of sp³-hybridized carbons (Fsp3) is 0.231. The van der Waals surface area contributed by atoms with E-state index in [1.54, 1.807) is 44.2 Å². The Morgan fingerprint density at radius 3 is 2.60 bits per heavy atom. The Morgan fingerprint density at radius 1 is 1.17 bits per heavy atom. The molecule has 0 aliphatic carbocycles. The maximum Gasteiger partial charge on any atom is 0.338 e. The van der Waals surface area contributed by atoms with Crippen LogP contribution in [0.15, 0.2) is 59.7 Å². The van der Waals surface area contributed by atoms with Gasteiger partial charge in [0.2, 0.25) is 5.91 Å². The number of benzene rings is 2. The summed E-state index contributed by atoms with van der Waals surface area (Å²) in [6.07, 6.45) is 1.73. The largest absolute Gasteiger partial charge is 0.462 e. The molecule has 0 radical (unpaired) electrons. The first-order valence-electron chi connectivity index (χ1n) is 11.2. The molecule has 2 aromatic carbocycles. The smallest absolute Gasteiger partial charge is 0.338 e. The first kappa shape index (κ1) is 24.3. The average molecular weight is 494 g/mol. The lowest BCUT2D eigenvalue weighted by atomic mass is 10.0. The standard InChI is InChI=1S/C26H24FN3O4S/c1-4-20(23(31)29-19-8-6-7-17(13-19)26(33)34-5-2)30-14-28-24-22(25(30)32)21(15(3)35-24)16-9-11-18(27)12-10-16/h6-14,20H,4-5H2,1-3H3,(H,29,31). The zero-order valence-corrected chi connectivity index (χ0v) is 20.3. The summed E-state index contributed by atoms with van der Waals surface area (Å²) in [7, 11) is 0. The Morgan fingerprint density at radius 2 is 1.91 bits per heavy atom. The van der Waals surface area contributed by atoms with Gasteiger partial charge in [-0.2, -0.15) is 0 Å². The van der Waals surface area contributed by atoms with E-state index in [0.717, 1.165) is 4.88 Å². The zero-order valence-electron chi connectivity index (χ0n) is 19.5. The molecular formula is C26H24FN3O4S. The molecule has 4 rings (SSSR count). The molecule has 0 bridgehead atoms. The minimum atomic E-state index is -0.827. The van der Waals surface area contributed by atoms with Gasteiger partial charge in [-0.05, 0) is 56.2 Å². The first-order valence-corrected chi connectivity index (χ1v) is 12.0. The fourth-order valence-electron chi connectivity index (χ4n) is 3.97. The van der Waals surface area contributed by atoms with Crippen molar-refractivity contribution in [2.45, 2.75) is 33.2 Å². The van der Waals surface area contributed by atoms with E-state index >= 15 is 0 Å². The fourth-order valence-corrected chi connectivity index (χ4v) is 4.98. The molecular weight excluding hydrogens is 469 g/mol. The maximum atomic E-state index is 13.6. The lowest BCUT2D eigenvalue weighted by Gasteiger charge is -2.18. The van der Waals surface area contributed by atoms with Crippen molar-refractivity contribution in [1.82, 2.24) is 9.55 Å². The van der Waals surface area contributed by atoms with Gasteiger partial charge in [0.1, 0.15) is 16.7 Å². The number of rotatable bonds is 7. The quantitative estimate of drug-likeness (QED) is 0.351. The molecule has 180 valence electrons. The highest BCUT2D eigenvalue weighted by atomic mass is 32.1. The molecule has 4 aromatic rings. The van der Waals surface area contributed by atoms with Crippen LogP contribution >= 0.6 is 11.3 Å². The molecule has 0 aliphatic heterocycles. The minimum Gasteiger partial charge on any atom is -0.462 e. The molecule has 2 aromatic heterocycles. The van der Waals surface area contributed by atoms with Crippen LogP contribution in [0.4, 0.5) is 10.1 Å². The van der Waals surface area contributed by atoms with E-state index in [0.29, 0.717) is 39.0 Å². The number of thiophene rings is 1. The summed E-state index contributed by atoms with van der Waals surface area (Å²) in [4.78, 5) is 44.7. The number of carbonyl (C=O) groups excluding carboxylic acids is 2. The van der Waals surface area contributed by atoms with E-state index in [1.807, 2.05) is 6.92 Å². The highest BCUT2D eigenvalue weighted by Gasteiger charge is 2.24. The molecule has 1 N–H and O–H groups in total. The van der Waals surface area contributed by atoms with Crippen molar-refractivity contribution in [2.75, 3.05) is 11.9 Å². The summed E-state index contributed by atoms with van der Waals surface area (Å²) >= 11 is 1.38. The second-order valence-corrected chi connectivity index (χ2v) is 9.10. The van der Waals surface area contributed by atoms with Crippen molar-refractivity contribution in [3.05, 3.63) is 81.5 Å². The highest BCUT2D eigenvalue weighted by Crippen LogP contribution is 2.35. The lowest BCUT2D eigenvalue weighted by Crippen LogP contribution is -2.33. The van der Waals surface area contributed by atoms with Gasteiger partial charge in [0.15, 0.2) is 0 Å². The third kappa shape index (κ3) is 4.85. The molecule has 9 heteroatoms. The topological polar surface area (TPSA) is 90.3 Å². The van der Waals surface area contributed by atoms with E-state index in [4.69, 9.17) is 4.74 Å². The van der Waals surface area contributed by atoms with Gasteiger partial charge in [-0.25, -0.2) is 14.2 Å². The molecule has 0 saturated heterocycles. The zero-order chi connectivity index (χ0) is 25.1. The molecule has 0 spiro atoms. The Labute approximate surface area is 205 Å². The van der Waals surface area contributed by atoms with Crippen LogP contribution in [0.2, 0.25) is 0 Å². The average Bonchev–Trinajstić information content (AvgIpc) is 3.18. The van der Waals surface area contributed by atoms with Gasteiger partial charge in [0, 0.05) is 16.1 Å². The number of aryl methyl sites for hydroxylation is 1. The lowest BCUT2D eigenvalue weighted by molar-refractivity contribution is -0.119. The van der Waals surface area contributed by atoms with E-state index < -0.39 is 17.9 Å². The number of carbonyl (C=O) groups is 2. The molecule has 0 saturated carbocycles.